The first-order valence-corrected chi connectivity index (χ1v) is 9.45. The van der Waals surface area contributed by atoms with Crippen molar-refractivity contribution in [2.45, 2.75) is 50.5 Å². The van der Waals surface area contributed by atoms with E-state index < -0.39 is 0 Å². The van der Waals surface area contributed by atoms with Crippen molar-refractivity contribution in [2.75, 3.05) is 13.1 Å². The predicted octanol–water partition coefficient (Wildman–Crippen LogP) is 4.65. The molecule has 128 valence electrons. The van der Waals surface area contributed by atoms with Crippen LogP contribution in [0.1, 0.15) is 50.5 Å². The molecular formula is C20H24ClNO2. The van der Waals surface area contributed by atoms with E-state index in [2.05, 4.69) is 17.0 Å². The van der Waals surface area contributed by atoms with E-state index in [0.29, 0.717) is 0 Å². The Labute approximate surface area is 148 Å². The van der Waals surface area contributed by atoms with E-state index in [1.54, 1.807) is 0 Å². The van der Waals surface area contributed by atoms with Crippen LogP contribution in [-0.4, -0.2) is 29.6 Å². The summed E-state index contributed by atoms with van der Waals surface area (Å²) in [6.07, 6.45) is 9.44. The number of fused-ring (bicyclic) bond motifs is 2. The molecule has 3 aliphatic rings. The molecule has 2 saturated heterocycles. The molecule has 24 heavy (non-hydrogen) atoms. The van der Waals surface area contributed by atoms with Gasteiger partial charge in [-0.3, -0.25) is 4.79 Å². The van der Waals surface area contributed by atoms with Gasteiger partial charge in [0.1, 0.15) is 5.60 Å². The molecule has 0 aromatic heterocycles. The summed E-state index contributed by atoms with van der Waals surface area (Å²) in [5.74, 6) is 0.175. The van der Waals surface area contributed by atoms with Crippen LogP contribution in [0.4, 0.5) is 0 Å². The smallest absolute Gasteiger partial charge is 0.309 e. The van der Waals surface area contributed by atoms with Gasteiger partial charge in [0.15, 0.2) is 0 Å². The number of hydrogen-bond acceptors (Lipinski definition) is 3. The maximum atomic E-state index is 12.5. The van der Waals surface area contributed by atoms with E-state index in [9.17, 15) is 4.79 Å². The second kappa shape index (κ2) is 6.44. The summed E-state index contributed by atoms with van der Waals surface area (Å²) in [4.78, 5) is 14.9. The van der Waals surface area contributed by atoms with Gasteiger partial charge in [-0.1, -0.05) is 36.6 Å². The number of hydrogen-bond donors (Lipinski definition) is 0. The van der Waals surface area contributed by atoms with Crippen molar-refractivity contribution < 1.29 is 9.53 Å². The summed E-state index contributed by atoms with van der Waals surface area (Å²) in [5.41, 5.74) is 2.08. The van der Waals surface area contributed by atoms with Gasteiger partial charge in [-0.25, -0.2) is 0 Å². The van der Waals surface area contributed by atoms with Gasteiger partial charge in [-0.15, -0.1) is 0 Å². The third-order valence-corrected chi connectivity index (χ3v) is 5.87. The molecule has 1 saturated carbocycles. The van der Waals surface area contributed by atoms with E-state index in [1.165, 1.54) is 18.5 Å². The summed E-state index contributed by atoms with van der Waals surface area (Å²) < 4.78 is 6.10. The van der Waals surface area contributed by atoms with Gasteiger partial charge in [0.25, 0.3) is 0 Å². The van der Waals surface area contributed by atoms with Gasteiger partial charge in [-0.2, -0.15) is 0 Å². The van der Waals surface area contributed by atoms with Crippen LogP contribution < -0.4 is 0 Å². The number of halogens is 1. The first-order chi connectivity index (χ1) is 11.6. The highest BCUT2D eigenvalue weighted by Gasteiger charge is 2.47. The summed E-state index contributed by atoms with van der Waals surface area (Å²) >= 11 is 6.10. The number of nitrogens with zero attached hydrogens (tertiary/aromatic N) is 1. The second-order valence-electron chi connectivity index (χ2n) is 7.48. The number of carbonyl (C=O) groups is 1. The molecule has 2 bridgehead atoms. The SMILES string of the molecule is O=C(OC12CCCN(C1)/C(=C/c1cccc(Cl)c1)C2)C1CCCC1. The van der Waals surface area contributed by atoms with Crippen LogP contribution in [0.2, 0.25) is 5.02 Å². The molecule has 1 aromatic rings. The van der Waals surface area contributed by atoms with Crippen LogP contribution in [0.3, 0.4) is 0 Å². The van der Waals surface area contributed by atoms with Gasteiger partial charge in [0, 0.05) is 23.7 Å². The summed E-state index contributed by atoms with van der Waals surface area (Å²) in [6, 6.07) is 7.91. The number of piperidine rings is 1. The maximum absolute atomic E-state index is 12.5. The Morgan fingerprint density at radius 1 is 1.29 bits per heavy atom. The fraction of sp³-hybridized carbons (Fsp3) is 0.550. The van der Waals surface area contributed by atoms with Crippen molar-refractivity contribution >= 4 is 23.6 Å². The first-order valence-electron chi connectivity index (χ1n) is 9.08. The van der Waals surface area contributed by atoms with Gasteiger partial charge in [0.2, 0.25) is 0 Å². The average molecular weight is 346 g/mol. The molecule has 2 heterocycles. The van der Waals surface area contributed by atoms with E-state index in [-0.39, 0.29) is 17.5 Å². The molecule has 1 aliphatic carbocycles. The van der Waals surface area contributed by atoms with E-state index in [4.69, 9.17) is 16.3 Å². The number of rotatable bonds is 3. The molecule has 0 N–H and O–H groups in total. The highest BCUT2D eigenvalue weighted by molar-refractivity contribution is 6.30. The molecule has 0 radical (unpaired) electrons. The zero-order valence-corrected chi connectivity index (χ0v) is 14.7. The quantitative estimate of drug-likeness (QED) is 0.747. The largest absolute Gasteiger partial charge is 0.457 e. The van der Waals surface area contributed by atoms with Crippen LogP contribution in [0.25, 0.3) is 6.08 Å². The molecule has 0 spiro atoms. The maximum Gasteiger partial charge on any atom is 0.309 e. The lowest BCUT2D eigenvalue weighted by molar-refractivity contribution is -0.165. The second-order valence-corrected chi connectivity index (χ2v) is 7.91. The number of ether oxygens (including phenoxy) is 1. The minimum Gasteiger partial charge on any atom is -0.457 e. The molecule has 4 heteroatoms. The fourth-order valence-corrected chi connectivity index (χ4v) is 4.64. The van der Waals surface area contributed by atoms with Crippen LogP contribution >= 0.6 is 11.6 Å². The number of esters is 1. The van der Waals surface area contributed by atoms with Crippen LogP contribution in [0.5, 0.6) is 0 Å². The van der Waals surface area contributed by atoms with Gasteiger partial charge >= 0.3 is 5.97 Å². The van der Waals surface area contributed by atoms with Crippen molar-refractivity contribution in [2.24, 2.45) is 5.92 Å². The monoisotopic (exact) mass is 345 g/mol. The Bertz CT molecular complexity index is 665. The number of carbonyl (C=O) groups excluding carboxylic acids is 1. The summed E-state index contributed by atoms with van der Waals surface area (Å²) in [6.45, 7) is 1.90. The van der Waals surface area contributed by atoms with E-state index in [1.807, 2.05) is 18.2 Å². The Morgan fingerprint density at radius 3 is 2.92 bits per heavy atom. The first kappa shape index (κ1) is 16.0. The highest BCUT2D eigenvalue weighted by atomic mass is 35.5. The predicted molar refractivity (Wildman–Crippen MR) is 95.6 cm³/mol. The zero-order chi connectivity index (χ0) is 16.6. The Hall–Kier alpha value is -1.48. The summed E-state index contributed by atoms with van der Waals surface area (Å²) in [7, 11) is 0. The minimum absolute atomic E-state index is 0.0401. The summed E-state index contributed by atoms with van der Waals surface area (Å²) in [5, 5.41) is 0.752. The molecule has 2 aliphatic heterocycles. The van der Waals surface area contributed by atoms with E-state index >= 15 is 0 Å². The van der Waals surface area contributed by atoms with Gasteiger partial charge < -0.3 is 9.64 Å². The molecule has 0 amide bonds. The van der Waals surface area contributed by atoms with Crippen molar-refractivity contribution in [1.29, 1.82) is 0 Å². The molecule has 1 unspecified atom stereocenters. The standard InChI is InChI=1S/C20H24ClNO2/c21-17-8-3-5-15(11-17)12-18-13-20(9-4-10-22(18)14-20)24-19(23)16-6-1-2-7-16/h3,5,8,11-12,16H,1-2,4,6-7,9-10,13-14H2/b18-12+. The highest BCUT2D eigenvalue weighted by Crippen LogP contribution is 2.42. The third kappa shape index (κ3) is 3.19. The lowest BCUT2D eigenvalue weighted by Gasteiger charge is -2.34. The lowest BCUT2D eigenvalue weighted by atomic mass is 9.93. The normalized spacial score (nSPS) is 28.5. The van der Waals surface area contributed by atoms with Crippen LogP contribution in [-0.2, 0) is 9.53 Å². The van der Waals surface area contributed by atoms with Crippen LogP contribution in [0.15, 0.2) is 30.0 Å². The van der Waals surface area contributed by atoms with Crippen molar-refractivity contribution in [3.63, 3.8) is 0 Å². The molecule has 1 aromatic carbocycles. The van der Waals surface area contributed by atoms with Crippen molar-refractivity contribution in [3.05, 3.63) is 40.5 Å². The minimum atomic E-state index is -0.303. The zero-order valence-electron chi connectivity index (χ0n) is 14.0. The Morgan fingerprint density at radius 2 is 2.12 bits per heavy atom. The topological polar surface area (TPSA) is 29.5 Å². The van der Waals surface area contributed by atoms with Crippen LogP contribution in [0, 0.1) is 5.92 Å². The average Bonchev–Trinajstić information content (AvgIpc) is 3.15. The molecule has 3 fully saturated rings. The molecular weight excluding hydrogens is 322 g/mol. The van der Waals surface area contributed by atoms with Crippen molar-refractivity contribution in [3.8, 4) is 0 Å². The molecule has 3 nitrogen and oxygen atoms in total. The Kier molecular flexibility index (Phi) is 4.29. The fourth-order valence-electron chi connectivity index (χ4n) is 4.44. The van der Waals surface area contributed by atoms with Gasteiger partial charge in [0.05, 0.1) is 12.5 Å². The van der Waals surface area contributed by atoms with E-state index in [0.717, 1.165) is 55.8 Å². The van der Waals surface area contributed by atoms with Crippen molar-refractivity contribution in [1.82, 2.24) is 4.90 Å². The number of benzene rings is 1. The molecule has 1 atom stereocenters. The Balaban J connectivity index is 1.52. The van der Waals surface area contributed by atoms with Gasteiger partial charge in [-0.05, 0) is 49.5 Å². The lowest BCUT2D eigenvalue weighted by Crippen LogP contribution is -2.43. The third-order valence-electron chi connectivity index (χ3n) is 5.64. The molecule has 4 rings (SSSR count).